The van der Waals surface area contributed by atoms with E-state index in [2.05, 4.69) is 37.9 Å². The summed E-state index contributed by atoms with van der Waals surface area (Å²) in [7, 11) is 0. The molecule has 1 aromatic heterocycles. The van der Waals surface area contributed by atoms with Gasteiger partial charge in [-0.3, -0.25) is 0 Å². The van der Waals surface area contributed by atoms with E-state index >= 15 is 0 Å². The van der Waals surface area contributed by atoms with E-state index in [9.17, 15) is 0 Å². The van der Waals surface area contributed by atoms with E-state index in [0.717, 1.165) is 22.8 Å². The third-order valence-corrected chi connectivity index (χ3v) is 6.03. The molecule has 1 aliphatic carbocycles. The van der Waals surface area contributed by atoms with Crippen LogP contribution >= 0.6 is 11.6 Å². The Morgan fingerprint density at radius 1 is 1.17 bits per heavy atom. The molecule has 0 saturated carbocycles. The summed E-state index contributed by atoms with van der Waals surface area (Å²) in [5.74, 6) is 2.59. The first kappa shape index (κ1) is 17.9. The highest BCUT2D eigenvalue weighted by atomic mass is 35.5. The minimum absolute atomic E-state index is 0.827. The third kappa shape index (κ3) is 4.36. The molecule has 2 atom stereocenters. The normalized spacial score (nSPS) is 19.0. The molecule has 1 aliphatic rings. The maximum absolute atomic E-state index is 6.14. The second-order valence-electron chi connectivity index (χ2n) is 8.39. The van der Waals surface area contributed by atoms with E-state index in [0.29, 0.717) is 0 Å². The summed E-state index contributed by atoms with van der Waals surface area (Å²) in [5.41, 5.74) is 4.23. The summed E-state index contributed by atoms with van der Waals surface area (Å²) in [6.45, 7) is 7.11. The first-order valence-electron chi connectivity index (χ1n) is 9.82. The zero-order valence-electron chi connectivity index (χ0n) is 15.5. The minimum Gasteiger partial charge on any atom is -0.358 e. The number of aryl methyl sites for hydroxylation is 1. The largest absolute Gasteiger partial charge is 0.358 e. The van der Waals surface area contributed by atoms with Crippen LogP contribution in [0.5, 0.6) is 0 Å². The zero-order valence-corrected chi connectivity index (χ0v) is 16.3. The molecule has 0 amide bonds. The highest BCUT2D eigenvalue weighted by molar-refractivity contribution is 6.31. The fourth-order valence-electron chi connectivity index (χ4n) is 4.25. The van der Waals surface area contributed by atoms with Gasteiger partial charge in [0.2, 0.25) is 0 Å². The van der Waals surface area contributed by atoms with E-state index in [-0.39, 0.29) is 0 Å². The number of nitrogens with one attached hydrogen (secondary N) is 1. The molecule has 2 heteroatoms. The first-order chi connectivity index (χ1) is 11.5. The number of benzene rings is 1. The summed E-state index contributed by atoms with van der Waals surface area (Å²) in [4.78, 5) is 3.60. The second-order valence-corrected chi connectivity index (χ2v) is 8.82. The number of hydrogen-bond donors (Lipinski definition) is 1. The van der Waals surface area contributed by atoms with Crippen molar-refractivity contribution in [3.8, 4) is 0 Å². The lowest BCUT2D eigenvalue weighted by Gasteiger charge is -2.24. The molecule has 3 rings (SSSR count). The topological polar surface area (TPSA) is 15.8 Å². The van der Waals surface area contributed by atoms with Crippen molar-refractivity contribution in [3.63, 3.8) is 0 Å². The molecule has 1 aromatic carbocycles. The van der Waals surface area contributed by atoms with Crippen molar-refractivity contribution < 1.29 is 0 Å². The van der Waals surface area contributed by atoms with Crippen LogP contribution in [0.1, 0.15) is 70.6 Å². The molecule has 0 aliphatic heterocycles. The maximum atomic E-state index is 6.14. The Kier molecular flexibility index (Phi) is 5.92. The number of aromatic nitrogens is 1. The molecule has 0 spiro atoms. The quantitative estimate of drug-likeness (QED) is 0.547. The lowest BCUT2D eigenvalue weighted by atomic mass is 9.82. The van der Waals surface area contributed by atoms with Gasteiger partial charge in [-0.05, 0) is 61.1 Å². The Balaban J connectivity index is 1.54. The van der Waals surface area contributed by atoms with Gasteiger partial charge in [-0.25, -0.2) is 0 Å². The first-order valence-corrected chi connectivity index (χ1v) is 10.2. The smallest absolute Gasteiger partial charge is 0.0473 e. The van der Waals surface area contributed by atoms with Crippen LogP contribution in [-0.2, 0) is 12.8 Å². The highest BCUT2D eigenvalue weighted by Gasteiger charge is 2.22. The number of fused-ring (bicyclic) bond motifs is 3. The Labute approximate surface area is 152 Å². The van der Waals surface area contributed by atoms with Crippen molar-refractivity contribution in [2.24, 2.45) is 17.8 Å². The van der Waals surface area contributed by atoms with Crippen molar-refractivity contribution in [1.82, 2.24) is 4.98 Å². The average molecular weight is 346 g/mol. The van der Waals surface area contributed by atoms with Gasteiger partial charge in [-0.1, -0.05) is 64.1 Å². The van der Waals surface area contributed by atoms with Crippen molar-refractivity contribution >= 4 is 22.5 Å². The summed E-state index contributed by atoms with van der Waals surface area (Å²) < 4.78 is 0. The zero-order chi connectivity index (χ0) is 17.1. The fourth-order valence-corrected chi connectivity index (χ4v) is 4.43. The molecule has 0 saturated heterocycles. The van der Waals surface area contributed by atoms with Gasteiger partial charge in [0.1, 0.15) is 0 Å². The van der Waals surface area contributed by atoms with Crippen LogP contribution in [0.25, 0.3) is 10.9 Å². The van der Waals surface area contributed by atoms with Crippen molar-refractivity contribution in [2.75, 3.05) is 0 Å². The standard InChI is InChI=1S/C22H32ClN/c1-15(2)5-4-6-16(3)7-8-17-9-12-21-20(13-17)19-11-10-18(23)14-22(19)24-21/h10-11,14-17,24H,4-9,12-13H2,1-3H3. The molecule has 0 radical (unpaired) electrons. The summed E-state index contributed by atoms with van der Waals surface area (Å²) in [5, 5.41) is 2.22. The number of aromatic amines is 1. The molecule has 0 bridgehead atoms. The molecule has 2 aromatic rings. The molecule has 2 unspecified atom stereocenters. The average Bonchev–Trinajstić information content (AvgIpc) is 2.89. The Bertz CT molecular complexity index is 670. The van der Waals surface area contributed by atoms with Crippen LogP contribution in [0.2, 0.25) is 5.02 Å². The van der Waals surface area contributed by atoms with Crippen molar-refractivity contribution in [2.45, 2.75) is 72.1 Å². The maximum Gasteiger partial charge on any atom is 0.0473 e. The monoisotopic (exact) mass is 345 g/mol. The molecule has 1 N–H and O–H groups in total. The van der Waals surface area contributed by atoms with Crippen LogP contribution in [-0.4, -0.2) is 4.98 Å². The van der Waals surface area contributed by atoms with Gasteiger partial charge in [0.05, 0.1) is 0 Å². The van der Waals surface area contributed by atoms with Crippen LogP contribution < -0.4 is 0 Å². The number of rotatable bonds is 7. The second kappa shape index (κ2) is 7.95. The van der Waals surface area contributed by atoms with Gasteiger partial charge in [0.25, 0.3) is 0 Å². The summed E-state index contributed by atoms with van der Waals surface area (Å²) in [6.07, 6.45) is 10.8. The molecular weight excluding hydrogens is 314 g/mol. The highest BCUT2D eigenvalue weighted by Crippen LogP contribution is 2.35. The Morgan fingerprint density at radius 2 is 2.00 bits per heavy atom. The molecule has 132 valence electrons. The molecule has 24 heavy (non-hydrogen) atoms. The van der Waals surface area contributed by atoms with Gasteiger partial charge in [-0.15, -0.1) is 0 Å². The molecular formula is C22H32ClN. The third-order valence-electron chi connectivity index (χ3n) is 5.80. The van der Waals surface area contributed by atoms with Gasteiger partial charge < -0.3 is 4.98 Å². The van der Waals surface area contributed by atoms with E-state index in [1.165, 1.54) is 68.0 Å². The van der Waals surface area contributed by atoms with Crippen LogP contribution in [0.15, 0.2) is 18.2 Å². The Morgan fingerprint density at radius 3 is 2.79 bits per heavy atom. The van der Waals surface area contributed by atoms with E-state index < -0.39 is 0 Å². The van der Waals surface area contributed by atoms with Crippen LogP contribution in [0, 0.1) is 17.8 Å². The van der Waals surface area contributed by atoms with E-state index in [1.54, 1.807) is 5.56 Å². The van der Waals surface area contributed by atoms with Crippen LogP contribution in [0.3, 0.4) is 0 Å². The summed E-state index contributed by atoms with van der Waals surface area (Å²) >= 11 is 6.14. The van der Waals surface area contributed by atoms with E-state index in [4.69, 9.17) is 11.6 Å². The number of hydrogen-bond acceptors (Lipinski definition) is 0. The van der Waals surface area contributed by atoms with Crippen LogP contribution in [0.4, 0.5) is 0 Å². The fraction of sp³-hybridized carbons (Fsp3) is 0.636. The molecule has 1 heterocycles. The molecule has 0 fully saturated rings. The van der Waals surface area contributed by atoms with Gasteiger partial charge in [0, 0.05) is 21.6 Å². The van der Waals surface area contributed by atoms with E-state index in [1.807, 2.05) is 6.07 Å². The lowest BCUT2D eigenvalue weighted by Crippen LogP contribution is -2.14. The lowest BCUT2D eigenvalue weighted by molar-refractivity contribution is 0.354. The van der Waals surface area contributed by atoms with Crippen molar-refractivity contribution in [1.29, 1.82) is 0 Å². The van der Waals surface area contributed by atoms with Gasteiger partial charge in [0.15, 0.2) is 0 Å². The molecule has 1 nitrogen and oxygen atoms in total. The Hall–Kier alpha value is -0.950. The summed E-state index contributed by atoms with van der Waals surface area (Å²) in [6, 6.07) is 6.29. The predicted octanol–water partition coefficient (Wildman–Crippen LogP) is 7.17. The van der Waals surface area contributed by atoms with Gasteiger partial charge in [-0.2, -0.15) is 0 Å². The van der Waals surface area contributed by atoms with Crippen molar-refractivity contribution in [3.05, 3.63) is 34.5 Å². The number of H-pyrrole nitrogens is 1. The predicted molar refractivity (Wildman–Crippen MR) is 106 cm³/mol. The SMILES string of the molecule is CC(C)CCCC(C)CCC1CCc2[nH]c3cc(Cl)ccc3c2C1. The minimum atomic E-state index is 0.827. The number of halogens is 1. The van der Waals surface area contributed by atoms with Gasteiger partial charge >= 0.3 is 0 Å².